The van der Waals surface area contributed by atoms with Crippen LogP contribution in [0.15, 0.2) is 33.9 Å². The molecule has 4 heterocycles. The lowest BCUT2D eigenvalue weighted by molar-refractivity contribution is -0.136. The van der Waals surface area contributed by atoms with E-state index in [2.05, 4.69) is 15.0 Å². The number of thioether (sulfide) groups is 1. The summed E-state index contributed by atoms with van der Waals surface area (Å²) in [6.07, 6.45) is 7.84. The molecule has 4 rings (SSSR count). The van der Waals surface area contributed by atoms with Crippen LogP contribution >= 0.6 is 11.8 Å². The molecule has 2 aliphatic rings. The molecule has 0 atom stereocenters. The monoisotopic (exact) mass is 442 g/mol. The highest BCUT2D eigenvalue weighted by atomic mass is 32.2. The minimum atomic E-state index is -0.00685. The summed E-state index contributed by atoms with van der Waals surface area (Å²) in [5.41, 5.74) is 1.45. The second kappa shape index (κ2) is 10.3. The van der Waals surface area contributed by atoms with E-state index < -0.39 is 0 Å². The first-order chi connectivity index (χ1) is 15.1. The number of rotatable bonds is 5. The fraction of sp³-hybridized carbons (Fsp3) is 0.565. The van der Waals surface area contributed by atoms with E-state index in [1.54, 1.807) is 12.3 Å². The van der Waals surface area contributed by atoms with Crippen LogP contribution in [0.2, 0.25) is 0 Å². The normalized spacial score (nSPS) is 18.1. The van der Waals surface area contributed by atoms with Gasteiger partial charge in [0.15, 0.2) is 0 Å². The second-order valence-electron chi connectivity index (χ2n) is 8.38. The predicted octanol–water partition coefficient (Wildman–Crippen LogP) is 3.93. The first-order valence-corrected chi connectivity index (χ1v) is 12.2. The van der Waals surface area contributed by atoms with Crippen molar-refractivity contribution in [3.8, 4) is 0 Å². The molecule has 0 N–H and O–H groups in total. The average Bonchev–Trinajstić information content (AvgIpc) is 3.04. The quantitative estimate of drug-likeness (QED) is 0.653. The zero-order valence-corrected chi connectivity index (χ0v) is 18.9. The molecule has 0 saturated carbocycles. The van der Waals surface area contributed by atoms with Crippen LogP contribution in [0.25, 0.3) is 0 Å². The summed E-state index contributed by atoms with van der Waals surface area (Å²) in [7, 11) is 0. The molecule has 7 nitrogen and oxygen atoms in total. The molecule has 0 spiro atoms. The number of hydrogen-bond donors (Lipinski definition) is 0. The van der Waals surface area contributed by atoms with Crippen molar-refractivity contribution in [2.75, 3.05) is 26.2 Å². The maximum atomic E-state index is 13.2. The van der Waals surface area contributed by atoms with E-state index in [-0.39, 0.29) is 17.7 Å². The Morgan fingerprint density at radius 1 is 1.10 bits per heavy atom. The van der Waals surface area contributed by atoms with E-state index in [1.165, 1.54) is 24.6 Å². The van der Waals surface area contributed by atoms with Gasteiger partial charge in [-0.1, -0.05) is 29.8 Å². The zero-order valence-electron chi connectivity index (χ0n) is 18.1. The molecule has 0 radical (unpaired) electrons. The van der Waals surface area contributed by atoms with Crippen LogP contribution in [-0.2, 0) is 10.5 Å². The number of aryl methyl sites for hydroxylation is 1. The third-order valence-corrected chi connectivity index (χ3v) is 7.12. The molecule has 8 heteroatoms. The molecule has 0 unspecified atom stereocenters. The van der Waals surface area contributed by atoms with Crippen molar-refractivity contribution in [3.63, 3.8) is 0 Å². The van der Waals surface area contributed by atoms with Crippen molar-refractivity contribution < 1.29 is 14.1 Å². The number of nitrogens with zero attached hydrogens (tertiary/aromatic N) is 4. The van der Waals surface area contributed by atoms with Gasteiger partial charge in [0.2, 0.25) is 5.91 Å². The van der Waals surface area contributed by atoms with E-state index in [9.17, 15) is 9.59 Å². The molecule has 2 aliphatic heterocycles. The third-order valence-electron chi connectivity index (χ3n) is 6.08. The summed E-state index contributed by atoms with van der Waals surface area (Å²) >= 11 is 1.49. The molecule has 2 amide bonds. The summed E-state index contributed by atoms with van der Waals surface area (Å²) in [6.45, 7) is 4.87. The van der Waals surface area contributed by atoms with Gasteiger partial charge in [-0.2, -0.15) is 0 Å². The minimum absolute atomic E-state index is 0.00685. The van der Waals surface area contributed by atoms with Gasteiger partial charge in [0.05, 0.1) is 11.3 Å². The van der Waals surface area contributed by atoms with Crippen LogP contribution in [0.3, 0.4) is 0 Å². The molecule has 0 aliphatic carbocycles. The number of piperidine rings is 1. The lowest BCUT2D eigenvalue weighted by Crippen LogP contribution is -2.44. The Labute approximate surface area is 187 Å². The van der Waals surface area contributed by atoms with Gasteiger partial charge in [-0.3, -0.25) is 9.59 Å². The number of amides is 2. The van der Waals surface area contributed by atoms with Gasteiger partial charge in [-0.05, 0) is 44.7 Å². The Hall–Kier alpha value is -2.35. The molecule has 2 aromatic rings. The van der Waals surface area contributed by atoms with Gasteiger partial charge in [-0.25, -0.2) is 4.98 Å². The summed E-state index contributed by atoms with van der Waals surface area (Å²) < 4.78 is 5.12. The lowest BCUT2D eigenvalue weighted by Gasteiger charge is -2.34. The Balaban J connectivity index is 1.34. The molecule has 31 heavy (non-hydrogen) atoms. The van der Waals surface area contributed by atoms with Crippen molar-refractivity contribution in [2.24, 2.45) is 5.92 Å². The zero-order chi connectivity index (χ0) is 21.6. The predicted molar refractivity (Wildman–Crippen MR) is 119 cm³/mol. The van der Waals surface area contributed by atoms with Crippen LogP contribution in [0.4, 0.5) is 0 Å². The van der Waals surface area contributed by atoms with Crippen molar-refractivity contribution in [2.45, 2.75) is 56.2 Å². The van der Waals surface area contributed by atoms with E-state index in [0.29, 0.717) is 29.4 Å². The third kappa shape index (κ3) is 5.47. The van der Waals surface area contributed by atoms with Gasteiger partial charge in [-0.15, -0.1) is 0 Å². The van der Waals surface area contributed by atoms with Gasteiger partial charge in [0.1, 0.15) is 10.8 Å². The minimum Gasteiger partial charge on any atom is -0.361 e. The first-order valence-electron chi connectivity index (χ1n) is 11.2. The van der Waals surface area contributed by atoms with E-state index in [1.807, 2.05) is 24.0 Å². The standard InChI is InChI=1S/C23H30N4O3S/c1-17-15-19(25-30-17)16-31-21-20(7-6-10-24-21)23(29)27-13-8-18(9-14-27)22(28)26-11-4-2-3-5-12-26/h6-7,10,15,18H,2-5,8-9,11-14,16H2,1H3. The van der Waals surface area contributed by atoms with Gasteiger partial charge in [0, 0.05) is 50.1 Å². The smallest absolute Gasteiger partial charge is 0.256 e. The summed E-state index contributed by atoms with van der Waals surface area (Å²) in [4.78, 5) is 34.5. The van der Waals surface area contributed by atoms with Gasteiger partial charge in [0.25, 0.3) is 5.91 Å². The van der Waals surface area contributed by atoms with Crippen LogP contribution in [0, 0.1) is 12.8 Å². The summed E-state index contributed by atoms with van der Waals surface area (Å²) in [5.74, 6) is 1.69. The van der Waals surface area contributed by atoms with Crippen LogP contribution in [0.5, 0.6) is 0 Å². The molecule has 2 fully saturated rings. The van der Waals surface area contributed by atoms with Gasteiger partial charge < -0.3 is 14.3 Å². The fourth-order valence-electron chi connectivity index (χ4n) is 4.35. The Bertz CT molecular complexity index is 900. The van der Waals surface area contributed by atoms with Crippen molar-refractivity contribution >= 4 is 23.6 Å². The number of hydrogen-bond acceptors (Lipinski definition) is 6. The van der Waals surface area contributed by atoms with Crippen LogP contribution < -0.4 is 0 Å². The topological polar surface area (TPSA) is 79.5 Å². The SMILES string of the molecule is Cc1cc(CSc2ncccc2C(=O)N2CCC(C(=O)N3CCCCCC3)CC2)no1. The number of carbonyl (C=O) groups excluding carboxylic acids is 2. The van der Waals surface area contributed by atoms with Crippen LogP contribution in [-0.4, -0.2) is 57.9 Å². The molecule has 0 bridgehead atoms. The molecular weight excluding hydrogens is 412 g/mol. The molecule has 2 saturated heterocycles. The molecule has 166 valence electrons. The Morgan fingerprint density at radius 3 is 2.52 bits per heavy atom. The number of likely N-dealkylation sites (tertiary alicyclic amines) is 2. The number of carbonyl (C=O) groups is 2. The largest absolute Gasteiger partial charge is 0.361 e. The maximum Gasteiger partial charge on any atom is 0.256 e. The van der Waals surface area contributed by atoms with Crippen LogP contribution in [0.1, 0.15) is 60.3 Å². The average molecular weight is 443 g/mol. The highest BCUT2D eigenvalue weighted by Gasteiger charge is 2.31. The first kappa shape index (κ1) is 21.9. The molecule has 0 aromatic carbocycles. The Kier molecular flexibility index (Phi) is 7.27. The molecular formula is C23H30N4O3S. The number of aromatic nitrogens is 2. The number of pyridine rings is 1. The van der Waals surface area contributed by atoms with E-state index in [0.717, 1.165) is 50.2 Å². The highest BCUT2D eigenvalue weighted by Crippen LogP contribution is 2.27. The van der Waals surface area contributed by atoms with Crippen molar-refractivity contribution in [1.29, 1.82) is 0 Å². The fourth-order valence-corrected chi connectivity index (χ4v) is 5.21. The summed E-state index contributed by atoms with van der Waals surface area (Å²) in [6, 6.07) is 5.52. The van der Waals surface area contributed by atoms with Crippen molar-refractivity contribution in [1.82, 2.24) is 19.9 Å². The summed E-state index contributed by atoms with van der Waals surface area (Å²) in [5, 5.41) is 4.71. The van der Waals surface area contributed by atoms with Gasteiger partial charge >= 0.3 is 0 Å². The molecule has 2 aromatic heterocycles. The second-order valence-corrected chi connectivity index (χ2v) is 9.34. The highest BCUT2D eigenvalue weighted by molar-refractivity contribution is 7.98. The maximum absolute atomic E-state index is 13.2. The Morgan fingerprint density at radius 2 is 1.84 bits per heavy atom. The van der Waals surface area contributed by atoms with E-state index >= 15 is 0 Å². The lowest BCUT2D eigenvalue weighted by atomic mass is 9.94. The van der Waals surface area contributed by atoms with Crippen molar-refractivity contribution in [3.05, 3.63) is 41.4 Å². The van der Waals surface area contributed by atoms with E-state index in [4.69, 9.17) is 4.52 Å².